The average molecular weight is 306 g/mol. The molecule has 0 aromatic heterocycles. The Bertz CT molecular complexity index is 588. The molecule has 0 aliphatic carbocycles. The van der Waals surface area contributed by atoms with Gasteiger partial charge in [0.1, 0.15) is 5.75 Å². The number of anilines is 1. The molecule has 0 bridgehead atoms. The SMILES string of the molecule is CCOc1cc(NC(=O)N2CCC(C)(C(=O)O)C2)ccc1C. The molecule has 1 aliphatic heterocycles. The van der Waals surface area contributed by atoms with Crippen LogP contribution < -0.4 is 10.1 Å². The Hall–Kier alpha value is -2.24. The van der Waals surface area contributed by atoms with Crippen LogP contribution in [0.3, 0.4) is 0 Å². The first-order valence-corrected chi connectivity index (χ1v) is 7.38. The number of rotatable bonds is 4. The number of hydrogen-bond donors (Lipinski definition) is 2. The third-order valence-corrected chi connectivity index (χ3v) is 4.02. The molecule has 2 rings (SSSR count). The number of carboxylic acids is 1. The van der Waals surface area contributed by atoms with Gasteiger partial charge in [-0.15, -0.1) is 0 Å². The topological polar surface area (TPSA) is 78.9 Å². The summed E-state index contributed by atoms with van der Waals surface area (Å²) in [6, 6.07) is 5.19. The van der Waals surface area contributed by atoms with Gasteiger partial charge in [0, 0.05) is 24.8 Å². The zero-order valence-electron chi connectivity index (χ0n) is 13.2. The number of urea groups is 1. The summed E-state index contributed by atoms with van der Waals surface area (Å²) in [6.45, 7) is 6.73. The summed E-state index contributed by atoms with van der Waals surface area (Å²) < 4.78 is 5.51. The van der Waals surface area contributed by atoms with Crippen molar-refractivity contribution in [3.63, 3.8) is 0 Å². The number of nitrogens with one attached hydrogen (secondary N) is 1. The molecule has 2 N–H and O–H groups in total. The number of nitrogens with zero attached hydrogens (tertiary/aromatic N) is 1. The Morgan fingerprint density at radius 1 is 1.45 bits per heavy atom. The fourth-order valence-corrected chi connectivity index (χ4v) is 2.50. The van der Waals surface area contributed by atoms with Crippen molar-refractivity contribution < 1.29 is 19.4 Å². The number of carbonyl (C=O) groups is 2. The summed E-state index contributed by atoms with van der Waals surface area (Å²) in [5.74, 6) is -0.131. The minimum atomic E-state index is -0.864. The van der Waals surface area contributed by atoms with Gasteiger partial charge < -0.3 is 20.1 Å². The number of likely N-dealkylation sites (tertiary alicyclic amines) is 1. The summed E-state index contributed by atoms with van der Waals surface area (Å²) in [7, 11) is 0. The first-order valence-electron chi connectivity index (χ1n) is 7.38. The van der Waals surface area contributed by atoms with Gasteiger partial charge in [-0.2, -0.15) is 0 Å². The molecule has 1 saturated heterocycles. The van der Waals surface area contributed by atoms with Gasteiger partial charge in [0.05, 0.1) is 12.0 Å². The molecule has 1 aromatic carbocycles. The van der Waals surface area contributed by atoms with Crippen molar-refractivity contribution in [1.82, 2.24) is 4.90 Å². The van der Waals surface area contributed by atoms with Crippen LogP contribution in [0.2, 0.25) is 0 Å². The maximum Gasteiger partial charge on any atom is 0.321 e. The van der Waals surface area contributed by atoms with Crippen LogP contribution in [0.4, 0.5) is 10.5 Å². The van der Waals surface area contributed by atoms with Crippen LogP contribution in [0.15, 0.2) is 18.2 Å². The highest BCUT2D eigenvalue weighted by Gasteiger charge is 2.42. The number of benzene rings is 1. The Kier molecular flexibility index (Phi) is 4.59. The number of amides is 2. The highest BCUT2D eigenvalue weighted by Crippen LogP contribution is 2.30. The van der Waals surface area contributed by atoms with Crippen LogP contribution in [0, 0.1) is 12.3 Å². The number of hydrogen-bond acceptors (Lipinski definition) is 3. The van der Waals surface area contributed by atoms with Crippen LogP contribution in [-0.2, 0) is 4.79 Å². The summed E-state index contributed by atoms with van der Waals surface area (Å²) in [4.78, 5) is 25.0. The minimum Gasteiger partial charge on any atom is -0.494 e. The van der Waals surface area contributed by atoms with E-state index < -0.39 is 11.4 Å². The minimum absolute atomic E-state index is 0.221. The molecule has 1 atom stereocenters. The monoisotopic (exact) mass is 306 g/mol. The van der Waals surface area contributed by atoms with Gasteiger partial charge in [-0.3, -0.25) is 4.79 Å². The Morgan fingerprint density at radius 3 is 2.77 bits per heavy atom. The van der Waals surface area contributed by atoms with Crippen LogP contribution in [0.1, 0.15) is 25.8 Å². The average Bonchev–Trinajstić information content (AvgIpc) is 2.87. The highest BCUT2D eigenvalue weighted by molar-refractivity contribution is 5.90. The van der Waals surface area contributed by atoms with Crippen molar-refractivity contribution in [3.8, 4) is 5.75 Å². The smallest absolute Gasteiger partial charge is 0.321 e. The van der Waals surface area contributed by atoms with Crippen LogP contribution in [-0.4, -0.2) is 41.7 Å². The van der Waals surface area contributed by atoms with E-state index in [-0.39, 0.29) is 12.6 Å². The normalized spacial score (nSPS) is 20.8. The second-order valence-electron chi connectivity index (χ2n) is 5.88. The first-order chi connectivity index (χ1) is 10.4. The molecule has 0 spiro atoms. The predicted molar refractivity (Wildman–Crippen MR) is 83.3 cm³/mol. The van der Waals surface area contributed by atoms with Crippen molar-refractivity contribution in [3.05, 3.63) is 23.8 Å². The predicted octanol–water partition coefficient (Wildman–Crippen LogP) is 2.72. The lowest BCUT2D eigenvalue weighted by atomic mass is 9.90. The fourth-order valence-electron chi connectivity index (χ4n) is 2.50. The number of carbonyl (C=O) groups excluding carboxylic acids is 1. The number of aryl methyl sites for hydroxylation is 1. The van der Waals surface area contributed by atoms with Crippen molar-refractivity contribution in [2.45, 2.75) is 27.2 Å². The molecule has 22 heavy (non-hydrogen) atoms. The molecule has 1 unspecified atom stereocenters. The van der Waals surface area contributed by atoms with E-state index in [0.717, 1.165) is 11.3 Å². The lowest BCUT2D eigenvalue weighted by Crippen LogP contribution is -2.37. The van der Waals surface area contributed by atoms with E-state index >= 15 is 0 Å². The molecule has 0 saturated carbocycles. The Morgan fingerprint density at radius 2 is 2.18 bits per heavy atom. The second kappa shape index (κ2) is 6.25. The maximum absolute atomic E-state index is 12.3. The molecular weight excluding hydrogens is 284 g/mol. The van der Waals surface area contributed by atoms with E-state index in [9.17, 15) is 14.7 Å². The van der Waals surface area contributed by atoms with E-state index in [2.05, 4.69) is 5.32 Å². The van der Waals surface area contributed by atoms with Crippen LogP contribution in [0.25, 0.3) is 0 Å². The standard InChI is InChI=1S/C16H22N2O4/c1-4-22-13-9-12(6-5-11(13)2)17-15(21)18-8-7-16(3,10-18)14(19)20/h5-6,9H,4,7-8,10H2,1-3H3,(H,17,21)(H,19,20). The number of aliphatic carboxylic acids is 1. The third-order valence-electron chi connectivity index (χ3n) is 4.02. The Balaban J connectivity index is 2.04. The van der Waals surface area contributed by atoms with Gasteiger partial charge in [0.15, 0.2) is 0 Å². The molecule has 6 heteroatoms. The lowest BCUT2D eigenvalue weighted by Gasteiger charge is -2.20. The lowest BCUT2D eigenvalue weighted by molar-refractivity contribution is -0.146. The van der Waals surface area contributed by atoms with Gasteiger partial charge in [0.2, 0.25) is 0 Å². The van der Waals surface area contributed by atoms with Gasteiger partial charge in [-0.25, -0.2) is 4.79 Å². The van der Waals surface area contributed by atoms with Gasteiger partial charge in [-0.05, 0) is 38.8 Å². The quantitative estimate of drug-likeness (QED) is 0.896. The molecule has 120 valence electrons. The second-order valence-corrected chi connectivity index (χ2v) is 5.88. The van der Waals surface area contributed by atoms with Gasteiger partial charge in [0.25, 0.3) is 0 Å². The molecular formula is C16H22N2O4. The van der Waals surface area contributed by atoms with Crippen molar-refractivity contribution >= 4 is 17.7 Å². The van der Waals surface area contributed by atoms with E-state index in [0.29, 0.717) is 25.3 Å². The van der Waals surface area contributed by atoms with Crippen molar-refractivity contribution in [2.24, 2.45) is 5.41 Å². The largest absolute Gasteiger partial charge is 0.494 e. The third kappa shape index (κ3) is 3.32. The number of ether oxygens (including phenoxy) is 1. The summed E-state index contributed by atoms with van der Waals surface area (Å²) in [5, 5.41) is 12.0. The van der Waals surface area contributed by atoms with Crippen molar-refractivity contribution in [1.29, 1.82) is 0 Å². The zero-order valence-corrected chi connectivity index (χ0v) is 13.2. The Labute approximate surface area is 130 Å². The van der Waals surface area contributed by atoms with Crippen LogP contribution in [0.5, 0.6) is 5.75 Å². The molecule has 1 fully saturated rings. The van der Waals surface area contributed by atoms with Gasteiger partial charge in [-0.1, -0.05) is 6.07 Å². The van der Waals surface area contributed by atoms with E-state index in [1.54, 1.807) is 13.0 Å². The molecule has 6 nitrogen and oxygen atoms in total. The molecule has 2 amide bonds. The summed E-state index contributed by atoms with van der Waals surface area (Å²) in [5.41, 5.74) is 0.781. The molecule has 1 aliphatic rings. The molecule has 0 radical (unpaired) electrons. The van der Waals surface area contributed by atoms with E-state index in [4.69, 9.17) is 4.74 Å². The van der Waals surface area contributed by atoms with E-state index in [1.807, 2.05) is 26.0 Å². The van der Waals surface area contributed by atoms with E-state index in [1.165, 1.54) is 4.90 Å². The first kappa shape index (κ1) is 16.1. The van der Waals surface area contributed by atoms with Gasteiger partial charge >= 0.3 is 12.0 Å². The fraction of sp³-hybridized carbons (Fsp3) is 0.500. The van der Waals surface area contributed by atoms with Crippen LogP contribution >= 0.6 is 0 Å². The van der Waals surface area contributed by atoms with Crippen molar-refractivity contribution in [2.75, 3.05) is 25.0 Å². The molecule has 1 aromatic rings. The summed E-state index contributed by atoms with van der Waals surface area (Å²) in [6.07, 6.45) is 0.466. The number of carboxylic acid groups (broad SMARTS) is 1. The maximum atomic E-state index is 12.3. The molecule has 1 heterocycles. The summed E-state index contributed by atoms with van der Waals surface area (Å²) >= 11 is 0. The highest BCUT2D eigenvalue weighted by atomic mass is 16.5. The zero-order chi connectivity index (χ0) is 16.3.